The summed E-state index contributed by atoms with van der Waals surface area (Å²) in [6, 6.07) is 10.1. The van der Waals surface area contributed by atoms with E-state index in [2.05, 4.69) is 34.9 Å². The van der Waals surface area contributed by atoms with Crippen LogP contribution >= 0.6 is 15.9 Å². The third-order valence-corrected chi connectivity index (χ3v) is 4.86. The molecule has 0 fully saturated rings. The Morgan fingerprint density at radius 2 is 1.81 bits per heavy atom. The first-order valence-corrected chi connectivity index (χ1v) is 8.21. The zero-order valence-corrected chi connectivity index (χ0v) is 14.4. The maximum Gasteiger partial charge on any atom is 0.192 e. The van der Waals surface area contributed by atoms with Gasteiger partial charge in [-0.05, 0) is 41.3 Å². The van der Waals surface area contributed by atoms with Gasteiger partial charge in [0.1, 0.15) is 5.69 Å². The second-order valence-corrected chi connectivity index (χ2v) is 6.00. The molecule has 0 atom stereocenters. The monoisotopic (exact) mass is 348 g/mol. The average molecular weight is 349 g/mol. The summed E-state index contributed by atoms with van der Waals surface area (Å²) in [5.41, 5.74) is 1.26. The first-order valence-electron chi connectivity index (χ1n) is 7.42. The van der Waals surface area contributed by atoms with Crippen LogP contribution in [0.15, 0.2) is 41.0 Å². The molecule has 0 aliphatic heterocycles. The zero-order valence-electron chi connectivity index (χ0n) is 12.8. The summed E-state index contributed by atoms with van der Waals surface area (Å²) in [4.78, 5) is 13.3. The summed E-state index contributed by atoms with van der Waals surface area (Å²) in [6.45, 7) is 6.84. The van der Waals surface area contributed by atoms with Crippen LogP contribution in [0.2, 0.25) is 0 Å². The van der Waals surface area contributed by atoms with Crippen LogP contribution in [0.3, 0.4) is 0 Å². The van der Waals surface area contributed by atoms with E-state index in [9.17, 15) is 4.79 Å². The fourth-order valence-electron chi connectivity index (χ4n) is 2.92. The third-order valence-electron chi connectivity index (χ3n) is 4.28. The minimum absolute atomic E-state index is 0.143. The molecule has 2 rings (SSSR count). The highest BCUT2D eigenvalue weighted by atomic mass is 79.9. The second-order valence-electron chi connectivity index (χ2n) is 5.14. The van der Waals surface area contributed by atoms with E-state index in [-0.39, 0.29) is 5.78 Å². The highest BCUT2D eigenvalue weighted by Crippen LogP contribution is 2.36. The van der Waals surface area contributed by atoms with Crippen LogP contribution in [0.1, 0.15) is 49.7 Å². The van der Waals surface area contributed by atoms with E-state index < -0.39 is 5.41 Å². The first-order chi connectivity index (χ1) is 10.1. The number of carbonyl (C=O) groups is 1. The standard InChI is InChI=1S/C17H21BrN2O/c1-4-17(5-2,13-10-8-7-9-11-13)16(21)15-14(18)12-19-20(15)6-3/h7-12H,4-6H2,1-3H3. The van der Waals surface area contributed by atoms with Gasteiger partial charge in [-0.2, -0.15) is 5.10 Å². The number of Topliss-reactive ketones (excluding diaryl/α,β-unsaturated/α-hetero) is 1. The maximum absolute atomic E-state index is 13.3. The molecule has 4 heteroatoms. The molecular weight excluding hydrogens is 328 g/mol. The fourth-order valence-corrected chi connectivity index (χ4v) is 3.40. The molecule has 3 nitrogen and oxygen atoms in total. The molecule has 21 heavy (non-hydrogen) atoms. The van der Waals surface area contributed by atoms with Crippen LogP contribution < -0.4 is 0 Å². The van der Waals surface area contributed by atoms with Crippen LogP contribution in [0, 0.1) is 0 Å². The minimum atomic E-state index is -0.489. The number of aryl methyl sites for hydroxylation is 1. The van der Waals surface area contributed by atoms with Gasteiger partial charge < -0.3 is 0 Å². The van der Waals surface area contributed by atoms with Gasteiger partial charge in [-0.25, -0.2) is 0 Å². The Morgan fingerprint density at radius 3 is 2.33 bits per heavy atom. The van der Waals surface area contributed by atoms with Gasteiger partial charge >= 0.3 is 0 Å². The van der Waals surface area contributed by atoms with Crippen LogP contribution in [0.4, 0.5) is 0 Å². The summed E-state index contributed by atoms with van der Waals surface area (Å²) in [5, 5.41) is 4.28. The van der Waals surface area contributed by atoms with Gasteiger partial charge in [0.25, 0.3) is 0 Å². The Bertz CT molecular complexity index is 615. The van der Waals surface area contributed by atoms with Crippen molar-refractivity contribution in [2.75, 3.05) is 0 Å². The summed E-state index contributed by atoms with van der Waals surface area (Å²) in [5.74, 6) is 0.143. The Labute approximate surface area is 134 Å². The Kier molecular flexibility index (Phi) is 4.99. The van der Waals surface area contributed by atoms with Crippen molar-refractivity contribution < 1.29 is 4.79 Å². The molecule has 0 aliphatic rings. The second kappa shape index (κ2) is 6.56. The molecule has 0 radical (unpaired) electrons. The van der Waals surface area contributed by atoms with E-state index in [1.165, 1.54) is 0 Å². The number of ketones is 1. The van der Waals surface area contributed by atoms with Crippen LogP contribution in [-0.4, -0.2) is 15.6 Å². The van der Waals surface area contributed by atoms with Crippen molar-refractivity contribution in [1.82, 2.24) is 9.78 Å². The van der Waals surface area contributed by atoms with Gasteiger partial charge in [0, 0.05) is 6.54 Å². The maximum atomic E-state index is 13.3. The molecule has 1 aromatic carbocycles. The lowest BCUT2D eigenvalue weighted by Crippen LogP contribution is -2.36. The smallest absolute Gasteiger partial charge is 0.192 e. The Balaban J connectivity index is 2.58. The Morgan fingerprint density at radius 1 is 1.19 bits per heavy atom. The molecule has 0 saturated heterocycles. The van der Waals surface area contributed by atoms with E-state index in [0.717, 1.165) is 22.9 Å². The highest BCUT2D eigenvalue weighted by Gasteiger charge is 2.39. The summed E-state index contributed by atoms with van der Waals surface area (Å²) >= 11 is 3.48. The molecule has 0 unspecified atom stereocenters. The lowest BCUT2D eigenvalue weighted by Gasteiger charge is -2.31. The van der Waals surface area contributed by atoms with E-state index in [1.807, 2.05) is 37.3 Å². The highest BCUT2D eigenvalue weighted by molar-refractivity contribution is 9.10. The summed E-state index contributed by atoms with van der Waals surface area (Å²) in [7, 11) is 0. The fraction of sp³-hybridized carbons (Fsp3) is 0.412. The molecule has 0 aliphatic carbocycles. The quantitative estimate of drug-likeness (QED) is 0.714. The minimum Gasteiger partial charge on any atom is -0.291 e. The SMILES string of the molecule is CCn1ncc(Br)c1C(=O)C(CC)(CC)c1ccccc1. The number of nitrogens with zero attached hydrogens (tertiary/aromatic N) is 2. The van der Waals surface area contributed by atoms with Crippen LogP contribution in [0.5, 0.6) is 0 Å². The number of carbonyl (C=O) groups excluding carboxylic acids is 1. The number of halogens is 1. The molecule has 1 heterocycles. The molecule has 0 saturated carbocycles. The normalized spacial score (nSPS) is 11.6. The summed E-state index contributed by atoms with van der Waals surface area (Å²) in [6.07, 6.45) is 3.25. The molecule has 0 N–H and O–H groups in total. The largest absolute Gasteiger partial charge is 0.291 e. The van der Waals surface area contributed by atoms with E-state index in [0.29, 0.717) is 12.2 Å². The molecule has 2 aromatic rings. The molecule has 1 aromatic heterocycles. The summed E-state index contributed by atoms with van der Waals surface area (Å²) < 4.78 is 2.55. The van der Waals surface area contributed by atoms with Gasteiger partial charge in [0.2, 0.25) is 0 Å². The predicted molar refractivity (Wildman–Crippen MR) is 88.6 cm³/mol. The van der Waals surface area contributed by atoms with Gasteiger partial charge in [-0.15, -0.1) is 0 Å². The molecule has 0 amide bonds. The van der Waals surface area contributed by atoms with Gasteiger partial charge in [0.05, 0.1) is 16.1 Å². The van der Waals surface area contributed by atoms with Crippen molar-refractivity contribution in [2.45, 2.75) is 45.6 Å². The topological polar surface area (TPSA) is 34.9 Å². The van der Waals surface area contributed by atoms with Crippen molar-refractivity contribution in [2.24, 2.45) is 0 Å². The average Bonchev–Trinajstić information content (AvgIpc) is 2.90. The number of hydrogen-bond donors (Lipinski definition) is 0. The molecule has 0 bridgehead atoms. The predicted octanol–water partition coefficient (Wildman–Crippen LogP) is 4.61. The van der Waals surface area contributed by atoms with Crippen LogP contribution in [-0.2, 0) is 12.0 Å². The lowest BCUT2D eigenvalue weighted by atomic mass is 9.71. The molecule has 112 valence electrons. The van der Waals surface area contributed by atoms with Gasteiger partial charge in [0.15, 0.2) is 5.78 Å². The van der Waals surface area contributed by atoms with E-state index in [4.69, 9.17) is 0 Å². The van der Waals surface area contributed by atoms with Crippen molar-refractivity contribution in [3.05, 3.63) is 52.3 Å². The van der Waals surface area contributed by atoms with Crippen molar-refractivity contribution in [3.8, 4) is 0 Å². The molecule has 0 spiro atoms. The van der Waals surface area contributed by atoms with Crippen LogP contribution in [0.25, 0.3) is 0 Å². The number of hydrogen-bond acceptors (Lipinski definition) is 2. The van der Waals surface area contributed by atoms with Crippen molar-refractivity contribution in [1.29, 1.82) is 0 Å². The third kappa shape index (κ3) is 2.69. The van der Waals surface area contributed by atoms with Crippen molar-refractivity contribution in [3.63, 3.8) is 0 Å². The van der Waals surface area contributed by atoms with E-state index >= 15 is 0 Å². The molecular formula is C17H21BrN2O. The first kappa shape index (κ1) is 16.0. The zero-order chi connectivity index (χ0) is 15.5. The van der Waals surface area contributed by atoms with Crippen molar-refractivity contribution >= 4 is 21.7 Å². The number of benzene rings is 1. The number of rotatable bonds is 6. The number of aromatic nitrogens is 2. The van der Waals surface area contributed by atoms with E-state index in [1.54, 1.807) is 10.9 Å². The lowest BCUT2D eigenvalue weighted by molar-refractivity contribution is 0.0860. The Hall–Kier alpha value is -1.42. The van der Waals surface area contributed by atoms with Gasteiger partial charge in [-0.3, -0.25) is 9.48 Å². The van der Waals surface area contributed by atoms with Gasteiger partial charge in [-0.1, -0.05) is 44.2 Å².